The first-order chi connectivity index (χ1) is 13.0. The third-order valence-corrected chi connectivity index (χ3v) is 3.47. The number of hydrogen-bond acceptors (Lipinski definition) is 6. The van der Waals surface area contributed by atoms with Gasteiger partial charge in [0.2, 0.25) is 0 Å². The molecule has 0 saturated heterocycles. The van der Waals surface area contributed by atoms with Gasteiger partial charge in [-0.05, 0) is 34.7 Å². The number of benzene rings is 2. The maximum absolute atomic E-state index is 13.4. The largest absolute Gasteiger partial charge is 0.426 e. The lowest BCUT2D eigenvalue weighted by molar-refractivity contribution is -0.131. The van der Waals surface area contributed by atoms with E-state index in [1.807, 2.05) is 0 Å². The predicted octanol–water partition coefficient (Wildman–Crippen LogP) is 1.80. The van der Waals surface area contributed by atoms with Gasteiger partial charge in [-0.1, -0.05) is 12.1 Å². The second-order valence-electron chi connectivity index (χ2n) is 5.38. The number of carbonyl (C=O) groups is 2. The van der Waals surface area contributed by atoms with Gasteiger partial charge in [0, 0.05) is 13.0 Å². The standard InChI is InChI=1S/C17H13F2N5O3/c1-10(25)27-15-5-3-2-4-12(15)17(26)20-9-16-21-22-23-24(16)11-6-7-13(18)14(19)8-11/h2-8H,9H2,1H3,(H,20,26). The van der Waals surface area contributed by atoms with Crippen LogP contribution in [0.5, 0.6) is 5.75 Å². The summed E-state index contributed by atoms with van der Waals surface area (Å²) in [5, 5.41) is 13.6. The molecule has 0 saturated carbocycles. The van der Waals surface area contributed by atoms with Gasteiger partial charge in [-0.15, -0.1) is 5.10 Å². The van der Waals surface area contributed by atoms with Crippen LogP contribution in [0, 0.1) is 11.6 Å². The number of halogens is 2. The second-order valence-corrected chi connectivity index (χ2v) is 5.38. The van der Waals surface area contributed by atoms with Crippen molar-refractivity contribution in [1.82, 2.24) is 25.5 Å². The Balaban J connectivity index is 1.77. The highest BCUT2D eigenvalue weighted by molar-refractivity contribution is 5.97. The quantitative estimate of drug-likeness (QED) is 0.541. The molecule has 0 radical (unpaired) electrons. The Morgan fingerprint density at radius 3 is 2.67 bits per heavy atom. The molecule has 1 heterocycles. The third-order valence-electron chi connectivity index (χ3n) is 3.47. The van der Waals surface area contributed by atoms with Gasteiger partial charge in [-0.3, -0.25) is 9.59 Å². The van der Waals surface area contributed by atoms with Crippen molar-refractivity contribution in [2.75, 3.05) is 0 Å². The van der Waals surface area contributed by atoms with E-state index in [4.69, 9.17) is 4.74 Å². The molecule has 0 spiro atoms. The summed E-state index contributed by atoms with van der Waals surface area (Å²) in [6.07, 6.45) is 0. The Morgan fingerprint density at radius 1 is 1.15 bits per heavy atom. The van der Waals surface area contributed by atoms with E-state index < -0.39 is 23.5 Å². The fourth-order valence-corrected chi connectivity index (χ4v) is 2.29. The molecule has 138 valence electrons. The van der Waals surface area contributed by atoms with E-state index in [0.717, 1.165) is 12.1 Å². The van der Waals surface area contributed by atoms with E-state index in [-0.39, 0.29) is 29.4 Å². The molecule has 27 heavy (non-hydrogen) atoms. The van der Waals surface area contributed by atoms with Crippen molar-refractivity contribution in [3.05, 3.63) is 65.5 Å². The molecule has 0 atom stereocenters. The number of carbonyl (C=O) groups excluding carboxylic acids is 2. The van der Waals surface area contributed by atoms with Gasteiger partial charge in [0.15, 0.2) is 17.5 Å². The van der Waals surface area contributed by atoms with Crippen LogP contribution in [0.2, 0.25) is 0 Å². The molecule has 0 aliphatic rings. The molecular weight excluding hydrogens is 360 g/mol. The Morgan fingerprint density at radius 2 is 1.93 bits per heavy atom. The molecule has 8 nitrogen and oxygen atoms in total. The van der Waals surface area contributed by atoms with Crippen molar-refractivity contribution in [3.63, 3.8) is 0 Å². The lowest BCUT2D eigenvalue weighted by Crippen LogP contribution is -2.25. The second kappa shape index (κ2) is 7.68. The minimum atomic E-state index is -1.05. The first-order valence-corrected chi connectivity index (χ1v) is 7.74. The molecule has 1 N–H and O–H groups in total. The molecule has 1 amide bonds. The predicted molar refractivity (Wildman–Crippen MR) is 88.0 cm³/mol. The zero-order valence-electron chi connectivity index (χ0n) is 14.0. The number of para-hydroxylation sites is 1. The first-order valence-electron chi connectivity index (χ1n) is 7.74. The molecule has 0 unspecified atom stereocenters. The summed E-state index contributed by atoms with van der Waals surface area (Å²) >= 11 is 0. The summed E-state index contributed by atoms with van der Waals surface area (Å²) in [7, 11) is 0. The van der Waals surface area contributed by atoms with Gasteiger partial charge < -0.3 is 10.1 Å². The van der Waals surface area contributed by atoms with Crippen LogP contribution >= 0.6 is 0 Å². The molecule has 0 bridgehead atoms. The summed E-state index contributed by atoms with van der Waals surface area (Å²) in [4.78, 5) is 23.5. The minimum absolute atomic E-state index is 0.0980. The summed E-state index contributed by atoms with van der Waals surface area (Å²) < 4.78 is 32.7. The van der Waals surface area contributed by atoms with Crippen LogP contribution in [0.4, 0.5) is 8.78 Å². The maximum Gasteiger partial charge on any atom is 0.308 e. The molecular formula is C17H13F2N5O3. The van der Waals surface area contributed by atoms with Gasteiger partial charge in [0.25, 0.3) is 5.91 Å². The zero-order chi connectivity index (χ0) is 19.4. The van der Waals surface area contributed by atoms with E-state index in [9.17, 15) is 18.4 Å². The number of esters is 1. The molecule has 3 rings (SSSR count). The van der Waals surface area contributed by atoms with Crippen molar-refractivity contribution in [1.29, 1.82) is 0 Å². The average Bonchev–Trinajstić information content (AvgIpc) is 3.10. The molecule has 0 aliphatic heterocycles. The lowest BCUT2D eigenvalue weighted by atomic mass is 10.2. The van der Waals surface area contributed by atoms with E-state index in [2.05, 4.69) is 20.8 Å². The van der Waals surface area contributed by atoms with Gasteiger partial charge >= 0.3 is 5.97 Å². The average molecular weight is 373 g/mol. The van der Waals surface area contributed by atoms with Gasteiger partial charge in [-0.2, -0.15) is 4.68 Å². The smallest absolute Gasteiger partial charge is 0.308 e. The Kier molecular flexibility index (Phi) is 5.15. The number of aromatic nitrogens is 4. The summed E-state index contributed by atoms with van der Waals surface area (Å²) in [6.45, 7) is 1.13. The molecule has 2 aromatic carbocycles. The van der Waals surface area contributed by atoms with Gasteiger partial charge in [0.05, 0.1) is 17.8 Å². The van der Waals surface area contributed by atoms with Crippen molar-refractivity contribution in [2.24, 2.45) is 0 Å². The number of nitrogens with zero attached hydrogens (tertiary/aromatic N) is 4. The summed E-state index contributed by atoms with van der Waals surface area (Å²) in [5.41, 5.74) is 0.350. The fraction of sp³-hybridized carbons (Fsp3) is 0.118. The highest BCUT2D eigenvalue weighted by Gasteiger charge is 2.16. The van der Waals surface area contributed by atoms with Crippen molar-refractivity contribution in [2.45, 2.75) is 13.5 Å². The zero-order valence-corrected chi connectivity index (χ0v) is 14.0. The van der Waals surface area contributed by atoms with Crippen LogP contribution in [0.15, 0.2) is 42.5 Å². The van der Waals surface area contributed by atoms with Crippen LogP contribution in [-0.4, -0.2) is 32.1 Å². The number of amides is 1. The molecule has 0 aliphatic carbocycles. The number of tetrazole rings is 1. The Labute approximate surface area is 151 Å². The van der Waals surface area contributed by atoms with Gasteiger partial charge in [0.1, 0.15) is 5.75 Å². The van der Waals surface area contributed by atoms with Crippen LogP contribution in [0.25, 0.3) is 5.69 Å². The number of ether oxygens (including phenoxy) is 1. The summed E-state index contributed by atoms with van der Waals surface area (Å²) in [5.74, 6) is -2.82. The Bertz CT molecular complexity index is 1010. The third kappa shape index (κ3) is 4.11. The monoisotopic (exact) mass is 373 g/mol. The van der Waals surface area contributed by atoms with E-state index >= 15 is 0 Å². The van der Waals surface area contributed by atoms with Crippen LogP contribution in [0.1, 0.15) is 23.1 Å². The topological polar surface area (TPSA) is 99.0 Å². The molecule has 10 heteroatoms. The molecule has 3 aromatic rings. The maximum atomic E-state index is 13.4. The van der Waals surface area contributed by atoms with E-state index in [1.54, 1.807) is 12.1 Å². The number of hydrogen-bond donors (Lipinski definition) is 1. The number of nitrogens with one attached hydrogen (secondary N) is 1. The normalized spacial score (nSPS) is 10.5. The van der Waals surface area contributed by atoms with Crippen molar-refractivity contribution < 1.29 is 23.1 Å². The summed E-state index contributed by atoms with van der Waals surface area (Å²) in [6, 6.07) is 9.41. The van der Waals surface area contributed by atoms with Crippen LogP contribution in [-0.2, 0) is 11.3 Å². The van der Waals surface area contributed by atoms with Crippen molar-refractivity contribution in [3.8, 4) is 11.4 Å². The Hall–Kier alpha value is -3.69. The van der Waals surface area contributed by atoms with Crippen LogP contribution in [0.3, 0.4) is 0 Å². The molecule has 0 fully saturated rings. The van der Waals surface area contributed by atoms with Gasteiger partial charge in [-0.25, -0.2) is 8.78 Å². The highest BCUT2D eigenvalue weighted by atomic mass is 19.2. The lowest BCUT2D eigenvalue weighted by Gasteiger charge is -2.09. The highest BCUT2D eigenvalue weighted by Crippen LogP contribution is 2.18. The SMILES string of the molecule is CC(=O)Oc1ccccc1C(=O)NCc1nnnn1-c1ccc(F)c(F)c1. The minimum Gasteiger partial charge on any atom is -0.426 e. The van der Waals surface area contributed by atoms with E-state index in [0.29, 0.717) is 0 Å². The number of rotatable bonds is 5. The van der Waals surface area contributed by atoms with E-state index in [1.165, 1.54) is 29.8 Å². The first kappa shape index (κ1) is 18.1. The fourth-order valence-electron chi connectivity index (χ4n) is 2.29. The van der Waals surface area contributed by atoms with Crippen molar-refractivity contribution >= 4 is 11.9 Å². The van der Waals surface area contributed by atoms with Crippen LogP contribution < -0.4 is 10.1 Å². The molecule has 1 aromatic heterocycles.